The van der Waals surface area contributed by atoms with Gasteiger partial charge in [-0.15, -0.1) is 0 Å². The van der Waals surface area contributed by atoms with Crippen molar-refractivity contribution in [1.29, 1.82) is 0 Å². The second-order valence-corrected chi connectivity index (χ2v) is 5.74. The maximum absolute atomic E-state index is 12.2. The van der Waals surface area contributed by atoms with Crippen LogP contribution in [0.15, 0.2) is 35.4 Å². The van der Waals surface area contributed by atoms with Gasteiger partial charge >= 0.3 is 0 Å². The Morgan fingerprint density at radius 3 is 2.70 bits per heavy atom. The average molecular weight is 315 g/mol. The molecule has 3 N–H and O–H groups in total. The van der Waals surface area contributed by atoms with E-state index in [0.29, 0.717) is 5.75 Å². The van der Waals surface area contributed by atoms with Gasteiger partial charge in [-0.25, -0.2) is 13.4 Å². The summed E-state index contributed by atoms with van der Waals surface area (Å²) < 4.78 is 31.6. The predicted molar refractivity (Wildman–Crippen MR) is 75.3 cm³/mol. The van der Waals surface area contributed by atoms with Gasteiger partial charge in [-0.2, -0.15) is 4.98 Å². The fourth-order valence-corrected chi connectivity index (χ4v) is 2.65. The third-order valence-corrected chi connectivity index (χ3v) is 3.91. The molecule has 0 fully saturated rings. The van der Waals surface area contributed by atoms with Gasteiger partial charge in [-0.3, -0.25) is 4.72 Å². The zero-order valence-electron chi connectivity index (χ0n) is 10.4. The quantitative estimate of drug-likeness (QED) is 0.654. The summed E-state index contributed by atoms with van der Waals surface area (Å²) in [4.78, 5) is 7.40. The van der Waals surface area contributed by atoms with Gasteiger partial charge < -0.3 is 10.5 Å². The van der Waals surface area contributed by atoms with E-state index in [1.807, 2.05) is 0 Å². The highest BCUT2D eigenvalue weighted by atomic mass is 35.5. The number of aromatic nitrogens is 2. The number of anilines is 2. The van der Waals surface area contributed by atoms with Crippen molar-refractivity contribution in [2.45, 2.75) is 4.90 Å². The maximum atomic E-state index is 12.2. The van der Waals surface area contributed by atoms with Crippen LogP contribution in [0.25, 0.3) is 0 Å². The summed E-state index contributed by atoms with van der Waals surface area (Å²) in [6.45, 7) is 0. The second-order valence-electron chi connectivity index (χ2n) is 3.72. The van der Waals surface area contributed by atoms with Crippen molar-refractivity contribution in [3.8, 4) is 5.75 Å². The summed E-state index contributed by atoms with van der Waals surface area (Å²) >= 11 is 5.59. The van der Waals surface area contributed by atoms with Gasteiger partial charge in [0.05, 0.1) is 17.7 Å². The molecule has 0 spiro atoms. The molecule has 1 aromatic heterocycles. The van der Waals surface area contributed by atoms with Crippen LogP contribution in [0, 0.1) is 0 Å². The molecule has 0 amide bonds. The molecule has 2 rings (SSSR count). The SMILES string of the molecule is COc1ccc(S(=O)(=O)Nc2ccnc(Cl)n2)cc1N. The van der Waals surface area contributed by atoms with Crippen molar-refractivity contribution in [1.82, 2.24) is 9.97 Å². The van der Waals surface area contributed by atoms with E-state index in [1.165, 1.54) is 37.6 Å². The Morgan fingerprint density at radius 1 is 1.35 bits per heavy atom. The van der Waals surface area contributed by atoms with Crippen LogP contribution in [0.2, 0.25) is 5.28 Å². The number of nitrogen functional groups attached to an aromatic ring is 1. The van der Waals surface area contributed by atoms with Gasteiger partial charge in [-0.1, -0.05) is 0 Å². The van der Waals surface area contributed by atoms with E-state index >= 15 is 0 Å². The molecule has 0 bridgehead atoms. The topological polar surface area (TPSA) is 107 Å². The molecular weight excluding hydrogens is 304 g/mol. The van der Waals surface area contributed by atoms with Gasteiger partial charge in [0.25, 0.3) is 10.0 Å². The van der Waals surface area contributed by atoms with Crippen LogP contribution in [0.4, 0.5) is 11.5 Å². The Bertz CT molecular complexity index is 736. The summed E-state index contributed by atoms with van der Waals surface area (Å²) in [6.07, 6.45) is 1.34. The Hall–Kier alpha value is -2.06. The number of ether oxygens (including phenoxy) is 1. The fraction of sp³-hybridized carbons (Fsp3) is 0.0909. The van der Waals surface area contributed by atoms with Gasteiger partial charge in [0.15, 0.2) is 0 Å². The van der Waals surface area contributed by atoms with Crippen LogP contribution >= 0.6 is 11.6 Å². The van der Waals surface area contributed by atoms with Crippen LogP contribution in [0.3, 0.4) is 0 Å². The van der Waals surface area contributed by atoms with Gasteiger partial charge in [-0.05, 0) is 35.9 Å². The van der Waals surface area contributed by atoms with E-state index in [9.17, 15) is 8.42 Å². The van der Waals surface area contributed by atoms with Crippen molar-refractivity contribution in [3.05, 3.63) is 35.7 Å². The third kappa shape index (κ3) is 3.09. The lowest BCUT2D eigenvalue weighted by molar-refractivity contribution is 0.416. The first-order valence-electron chi connectivity index (χ1n) is 5.37. The highest BCUT2D eigenvalue weighted by molar-refractivity contribution is 7.92. The van der Waals surface area contributed by atoms with Crippen molar-refractivity contribution in [2.75, 3.05) is 17.6 Å². The van der Waals surface area contributed by atoms with Crippen molar-refractivity contribution >= 4 is 33.1 Å². The largest absolute Gasteiger partial charge is 0.495 e. The first-order chi connectivity index (χ1) is 9.42. The third-order valence-electron chi connectivity index (χ3n) is 2.38. The standard InChI is InChI=1S/C11H11ClN4O3S/c1-19-9-3-2-7(6-8(9)13)20(17,18)16-10-4-5-14-11(12)15-10/h2-6H,13H2,1H3,(H,14,15,16). The summed E-state index contributed by atoms with van der Waals surface area (Å²) in [5.74, 6) is 0.466. The van der Waals surface area contributed by atoms with Gasteiger partial charge in [0.1, 0.15) is 11.6 Å². The molecule has 0 unspecified atom stereocenters. The number of halogens is 1. The lowest BCUT2D eigenvalue weighted by Crippen LogP contribution is -2.14. The number of sulfonamides is 1. The molecule has 0 aliphatic heterocycles. The minimum absolute atomic E-state index is 0.00876. The van der Waals surface area contributed by atoms with Crippen molar-refractivity contribution < 1.29 is 13.2 Å². The minimum atomic E-state index is -3.81. The summed E-state index contributed by atoms with van der Waals surface area (Å²) in [6, 6.07) is 5.53. The number of methoxy groups -OCH3 is 1. The van der Waals surface area contributed by atoms with Crippen molar-refractivity contribution in [3.63, 3.8) is 0 Å². The molecule has 106 valence electrons. The minimum Gasteiger partial charge on any atom is -0.495 e. The Labute approximate surface area is 120 Å². The molecule has 0 aliphatic rings. The van der Waals surface area contributed by atoms with Gasteiger partial charge in [0.2, 0.25) is 5.28 Å². The number of nitrogens with zero attached hydrogens (tertiary/aromatic N) is 2. The number of benzene rings is 1. The molecule has 1 heterocycles. The summed E-state index contributed by atoms with van der Waals surface area (Å²) in [7, 11) is -2.37. The van der Waals surface area contributed by atoms with E-state index in [2.05, 4.69) is 14.7 Å². The van der Waals surface area contributed by atoms with Crippen LogP contribution < -0.4 is 15.2 Å². The predicted octanol–water partition coefficient (Wildman–Crippen LogP) is 1.52. The maximum Gasteiger partial charge on any atom is 0.263 e. The number of hydrogen-bond acceptors (Lipinski definition) is 6. The van der Waals surface area contributed by atoms with Crippen LogP contribution in [0.1, 0.15) is 0 Å². The smallest absolute Gasteiger partial charge is 0.263 e. The Morgan fingerprint density at radius 2 is 2.10 bits per heavy atom. The lowest BCUT2D eigenvalue weighted by Gasteiger charge is -2.09. The molecule has 20 heavy (non-hydrogen) atoms. The monoisotopic (exact) mass is 314 g/mol. The number of hydrogen-bond donors (Lipinski definition) is 2. The number of nitrogens with two attached hydrogens (primary N) is 1. The highest BCUT2D eigenvalue weighted by Crippen LogP contribution is 2.25. The van der Waals surface area contributed by atoms with E-state index in [0.717, 1.165) is 0 Å². The highest BCUT2D eigenvalue weighted by Gasteiger charge is 2.16. The van der Waals surface area contributed by atoms with Crippen LogP contribution in [-0.2, 0) is 10.0 Å². The lowest BCUT2D eigenvalue weighted by atomic mass is 10.3. The average Bonchev–Trinajstić information content (AvgIpc) is 2.38. The molecule has 0 aliphatic carbocycles. The number of nitrogens with one attached hydrogen (secondary N) is 1. The van der Waals surface area contributed by atoms with E-state index < -0.39 is 10.0 Å². The molecule has 9 heteroatoms. The van der Waals surface area contributed by atoms with E-state index in [4.69, 9.17) is 22.1 Å². The first-order valence-corrected chi connectivity index (χ1v) is 7.23. The number of rotatable bonds is 4. The van der Waals surface area contributed by atoms with Crippen LogP contribution in [-0.4, -0.2) is 25.5 Å². The second kappa shape index (κ2) is 5.51. The zero-order valence-corrected chi connectivity index (χ0v) is 11.9. The molecule has 2 aromatic rings. The Kier molecular flexibility index (Phi) is 3.96. The first kappa shape index (κ1) is 14.4. The molecule has 0 radical (unpaired) electrons. The van der Waals surface area contributed by atoms with Crippen LogP contribution in [0.5, 0.6) is 5.75 Å². The van der Waals surface area contributed by atoms with E-state index in [1.54, 1.807) is 0 Å². The van der Waals surface area contributed by atoms with Crippen molar-refractivity contribution in [2.24, 2.45) is 0 Å². The molecule has 7 nitrogen and oxygen atoms in total. The summed E-state index contributed by atoms with van der Waals surface area (Å²) in [5, 5.41) is -0.0561. The van der Waals surface area contributed by atoms with E-state index in [-0.39, 0.29) is 21.7 Å². The molecule has 0 saturated carbocycles. The normalized spacial score (nSPS) is 11.1. The van der Waals surface area contributed by atoms with Gasteiger partial charge in [0, 0.05) is 6.20 Å². The molecular formula is C11H11ClN4O3S. The summed E-state index contributed by atoms with van der Waals surface area (Å²) in [5.41, 5.74) is 5.90. The molecule has 0 atom stereocenters. The fourth-order valence-electron chi connectivity index (χ4n) is 1.47. The molecule has 1 aromatic carbocycles. The molecule has 0 saturated heterocycles. The Balaban J connectivity index is 2.33. The zero-order chi connectivity index (χ0) is 14.8.